The quantitative estimate of drug-likeness (QED) is 0.531. The molecule has 6 atom stereocenters. The largest absolute Gasteiger partial charge is 0.455 e. The third-order valence-corrected chi connectivity index (χ3v) is 9.21. The third kappa shape index (κ3) is 3.09. The Hall–Kier alpha value is -2.36. The summed E-state index contributed by atoms with van der Waals surface area (Å²) in [6.45, 7) is 4.19. The molecule has 4 aliphatic carbocycles. The monoisotopic (exact) mass is 432 g/mol. The molecule has 0 spiro atoms. The Balaban J connectivity index is 1.28. The molecule has 0 heterocycles. The highest BCUT2D eigenvalue weighted by molar-refractivity contribution is 6.11. The van der Waals surface area contributed by atoms with E-state index in [4.69, 9.17) is 9.47 Å². The lowest BCUT2D eigenvalue weighted by Gasteiger charge is -2.34. The van der Waals surface area contributed by atoms with Crippen molar-refractivity contribution in [3.05, 3.63) is 47.5 Å². The number of esters is 2. The molecule has 4 nitrogen and oxygen atoms in total. The van der Waals surface area contributed by atoms with Crippen molar-refractivity contribution >= 4 is 22.7 Å². The minimum Gasteiger partial charge on any atom is -0.455 e. The van der Waals surface area contributed by atoms with Gasteiger partial charge in [-0.1, -0.05) is 24.3 Å². The second kappa shape index (κ2) is 7.07. The lowest BCUT2D eigenvalue weighted by atomic mass is 9.85. The molecular weight excluding hydrogens is 400 g/mol. The summed E-state index contributed by atoms with van der Waals surface area (Å²) in [5.74, 6) is 1.77. The maximum Gasteiger partial charge on any atom is 0.339 e. The summed E-state index contributed by atoms with van der Waals surface area (Å²) >= 11 is 0. The average molecular weight is 433 g/mol. The second-order valence-corrected chi connectivity index (χ2v) is 11.3. The van der Waals surface area contributed by atoms with Crippen molar-refractivity contribution in [3.63, 3.8) is 0 Å². The maximum absolute atomic E-state index is 13.3. The van der Waals surface area contributed by atoms with E-state index in [1.807, 2.05) is 36.4 Å². The van der Waals surface area contributed by atoms with Crippen molar-refractivity contribution in [2.75, 3.05) is 0 Å². The van der Waals surface area contributed by atoms with Crippen LogP contribution in [0.25, 0.3) is 10.8 Å². The molecule has 0 N–H and O–H groups in total. The molecule has 4 bridgehead atoms. The van der Waals surface area contributed by atoms with Crippen molar-refractivity contribution in [2.45, 2.75) is 76.4 Å². The van der Waals surface area contributed by atoms with Crippen LogP contribution in [0.3, 0.4) is 0 Å². The third-order valence-electron chi connectivity index (χ3n) is 9.21. The van der Waals surface area contributed by atoms with E-state index in [9.17, 15) is 9.59 Å². The molecular formula is C28H32O4. The van der Waals surface area contributed by atoms with E-state index < -0.39 is 0 Å². The first kappa shape index (κ1) is 20.3. The van der Waals surface area contributed by atoms with Crippen LogP contribution in [-0.4, -0.2) is 23.1 Å². The predicted molar refractivity (Wildman–Crippen MR) is 122 cm³/mol. The zero-order chi connectivity index (χ0) is 22.1. The van der Waals surface area contributed by atoms with Crippen LogP contribution < -0.4 is 0 Å². The van der Waals surface area contributed by atoms with E-state index in [1.54, 1.807) is 0 Å². The summed E-state index contributed by atoms with van der Waals surface area (Å²) in [5.41, 5.74) is 0.337. The number of carbonyl (C=O) groups is 2. The van der Waals surface area contributed by atoms with Crippen LogP contribution in [0.1, 0.15) is 85.9 Å². The summed E-state index contributed by atoms with van der Waals surface area (Å²) in [5, 5.41) is 1.52. The molecule has 4 aliphatic rings. The normalized spacial score (nSPS) is 37.2. The highest BCUT2D eigenvalue weighted by Crippen LogP contribution is 2.53. The minimum atomic E-state index is -0.366. The first-order valence-electron chi connectivity index (χ1n) is 12.3. The van der Waals surface area contributed by atoms with Gasteiger partial charge in [-0.2, -0.15) is 0 Å². The van der Waals surface area contributed by atoms with Crippen molar-refractivity contribution in [1.82, 2.24) is 0 Å². The lowest BCUT2D eigenvalue weighted by Crippen LogP contribution is -2.37. The Labute approximate surface area is 189 Å². The fraction of sp³-hybridized carbons (Fsp3) is 0.571. The molecule has 168 valence electrons. The van der Waals surface area contributed by atoms with Gasteiger partial charge in [0.15, 0.2) is 0 Å². The van der Waals surface area contributed by atoms with Gasteiger partial charge in [-0.25, -0.2) is 9.59 Å². The van der Waals surface area contributed by atoms with E-state index >= 15 is 0 Å². The average Bonchev–Trinajstić information content (AvgIpc) is 3.53. The van der Waals surface area contributed by atoms with Crippen LogP contribution in [0, 0.1) is 23.7 Å². The van der Waals surface area contributed by atoms with E-state index in [0.29, 0.717) is 34.8 Å². The highest BCUT2D eigenvalue weighted by atomic mass is 16.6. The van der Waals surface area contributed by atoms with Gasteiger partial charge in [-0.3, -0.25) is 0 Å². The van der Waals surface area contributed by atoms with Gasteiger partial charge in [0.1, 0.15) is 11.2 Å². The van der Waals surface area contributed by atoms with Crippen LogP contribution in [-0.2, 0) is 9.47 Å². The number of fused-ring (bicyclic) bond motifs is 5. The van der Waals surface area contributed by atoms with Crippen molar-refractivity contribution in [2.24, 2.45) is 23.7 Å². The Morgan fingerprint density at radius 2 is 1.16 bits per heavy atom. The van der Waals surface area contributed by atoms with Gasteiger partial charge in [-0.05, 0) is 112 Å². The Morgan fingerprint density at radius 1 is 0.719 bits per heavy atom. The number of ether oxygens (including phenoxy) is 2. The standard InChI is InChI=1S/C28H32O4/c1-27(15-17-9-11-19(27)13-17)31-25(29)23-7-3-6-22-21(23)5-4-8-24(22)26(30)32-28(2)16-18-10-12-20(28)14-18/h3-8,17-20H,9-16H2,1-2H3/t17-,18-,19+,20+,27-,28-/m0/s1. The van der Waals surface area contributed by atoms with Crippen molar-refractivity contribution in [1.29, 1.82) is 0 Å². The zero-order valence-corrected chi connectivity index (χ0v) is 19.1. The number of hydrogen-bond donors (Lipinski definition) is 0. The van der Waals surface area contributed by atoms with Crippen LogP contribution >= 0.6 is 0 Å². The summed E-state index contributed by atoms with van der Waals surface area (Å²) < 4.78 is 12.3. The molecule has 4 saturated carbocycles. The van der Waals surface area contributed by atoms with Gasteiger partial charge in [0.05, 0.1) is 11.1 Å². The molecule has 32 heavy (non-hydrogen) atoms. The number of carbonyl (C=O) groups excluding carboxylic acids is 2. The Kier molecular flexibility index (Phi) is 4.48. The first-order chi connectivity index (χ1) is 15.3. The smallest absolute Gasteiger partial charge is 0.339 e. The Morgan fingerprint density at radius 3 is 1.50 bits per heavy atom. The van der Waals surface area contributed by atoms with Crippen LogP contribution in [0.4, 0.5) is 0 Å². The summed E-state index contributed by atoms with van der Waals surface area (Å²) in [6, 6.07) is 11.1. The second-order valence-electron chi connectivity index (χ2n) is 11.3. The van der Waals surface area contributed by atoms with Crippen LogP contribution in [0.5, 0.6) is 0 Å². The molecule has 0 aliphatic heterocycles. The lowest BCUT2D eigenvalue weighted by molar-refractivity contribution is -0.0378. The zero-order valence-electron chi connectivity index (χ0n) is 19.1. The fourth-order valence-electron chi connectivity index (χ4n) is 7.56. The van der Waals surface area contributed by atoms with Gasteiger partial charge >= 0.3 is 11.9 Å². The summed E-state index contributed by atoms with van der Waals surface area (Å²) in [4.78, 5) is 26.5. The minimum absolute atomic E-state index is 0.281. The molecule has 6 rings (SSSR count). The molecule has 2 aromatic carbocycles. The van der Waals surface area contributed by atoms with Crippen LogP contribution in [0.15, 0.2) is 36.4 Å². The van der Waals surface area contributed by atoms with Gasteiger partial charge in [-0.15, -0.1) is 0 Å². The summed E-state index contributed by atoms with van der Waals surface area (Å²) in [7, 11) is 0. The van der Waals surface area contributed by atoms with Crippen LogP contribution in [0.2, 0.25) is 0 Å². The maximum atomic E-state index is 13.3. The van der Waals surface area contributed by atoms with E-state index in [-0.39, 0.29) is 23.1 Å². The molecule has 0 radical (unpaired) electrons. The van der Waals surface area contributed by atoms with Crippen molar-refractivity contribution < 1.29 is 19.1 Å². The van der Waals surface area contributed by atoms with E-state index in [0.717, 1.165) is 36.5 Å². The molecule has 0 aromatic heterocycles. The number of rotatable bonds is 4. The SMILES string of the molecule is C[C@]1(OC(=O)c2cccc3c(C(=O)O[C@@]4(C)C[C@H]5CC[C@@H]4C5)cccc23)C[C@H]2CC[C@@H]1C2. The van der Waals surface area contributed by atoms with Gasteiger partial charge in [0, 0.05) is 0 Å². The topological polar surface area (TPSA) is 52.6 Å². The molecule has 0 saturated heterocycles. The molecule has 0 amide bonds. The van der Waals surface area contributed by atoms with Gasteiger partial charge in [0.25, 0.3) is 0 Å². The Bertz CT molecular complexity index is 1020. The number of benzene rings is 2. The number of hydrogen-bond acceptors (Lipinski definition) is 4. The predicted octanol–water partition coefficient (Wildman–Crippen LogP) is 6.31. The molecule has 4 fully saturated rings. The van der Waals surface area contributed by atoms with Gasteiger partial charge < -0.3 is 9.47 Å². The van der Waals surface area contributed by atoms with E-state index in [1.165, 1.54) is 25.7 Å². The van der Waals surface area contributed by atoms with Crippen molar-refractivity contribution in [3.8, 4) is 0 Å². The fourth-order valence-corrected chi connectivity index (χ4v) is 7.56. The molecule has 2 aromatic rings. The molecule has 4 heteroatoms. The summed E-state index contributed by atoms with van der Waals surface area (Å²) in [6.07, 6.45) is 9.11. The molecule has 0 unspecified atom stereocenters. The van der Waals surface area contributed by atoms with Gasteiger partial charge in [0.2, 0.25) is 0 Å². The first-order valence-corrected chi connectivity index (χ1v) is 12.3. The highest BCUT2D eigenvalue weighted by Gasteiger charge is 2.51. The van der Waals surface area contributed by atoms with E-state index in [2.05, 4.69) is 13.8 Å².